The smallest absolute Gasteiger partial charge is 0.143 e. The zero-order valence-corrected chi connectivity index (χ0v) is 18.3. The molecule has 8 heteroatoms. The molecule has 156 valence electrons. The van der Waals surface area contributed by atoms with Crippen LogP contribution in [0.4, 0.5) is 17.5 Å². The molecule has 0 aliphatic carbocycles. The fourth-order valence-corrected chi connectivity index (χ4v) is 5.52. The molecule has 0 spiro atoms. The highest BCUT2D eigenvalue weighted by molar-refractivity contribution is 7.21. The summed E-state index contributed by atoms with van der Waals surface area (Å²) in [5.74, 6) is 2.62. The van der Waals surface area contributed by atoms with Crippen LogP contribution in [-0.4, -0.2) is 45.1 Å². The Hall–Kier alpha value is -3.10. The average Bonchev–Trinajstić information content (AvgIpc) is 3.50. The van der Waals surface area contributed by atoms with Crippen LogP contribution in [0.25, 0.3) is 20.9 Å². The molecule has 0 amide bonds. The molecule has 2 aliphatic heterocycles. The number of aromatic nitrogens is 4. The van der Waals surface area contributed by atoms with E-state index in [0.717, 1.165) is 57.0 Å². The molecule has 2 aliphatic rings. The zero-order valence-electron chi connectivity index (χ0n) is 17.5. The van der Waals surface area contributed by atoms with E-state index in [4.69, 9.17) is 9.97 Å². The number of nitrogens with one attached hydrogen (secondary N) is 2. The maximum Gasteiger partial charge on any atom is 0.143 e. The van der Waals surface area contributed by atoms with E-state index >= 15 is 0 Å². The lowest BCUT2D eigenvalue weighted by molar-refractivity contribution is 0.576. The molecule has 0 aromatic carbocycles. The van der Waals surface area contributed by atoms with Gasteiger partial charge in [0.2, 0.25) is 0 Å². The number of rotatable bonds is 4. The number of thiazole rings is 1. The van der Waals surface area contributed by atoms with Crippen LogP contribution in [0.1, 0.15) is 17.5 Å². The molecule has 6 rings (SSSR count). The Balaban J connectivity index is 1.29. The van der Waals surface area contributed by atoms with Crippen LogP contribution >= 0.6 is 11.3 Å². The van der Waals surface area contributed by atoms with E-state index in [1.54, 1.807) is 11.3 Å². The minimum atomic E-state index is 0.546. The third-order valence-electron chi connectivity index (χ3n) is 6.14. The molecule has 2 atom stereocenters. The highest BCUT2D eigenvalue weighted by atomic mass is 32.1. The van der Waals surface area contributed by atoms with E-state index in [9.17, 15) is 0 Å². The minimum absolute atomic E-state index is 0.546. The van der Waals surface area contributed by atoms with E-state index in [1.165, 1.54) is 12.0 Å². The molecular weight excluding hydrogens is 406 g/mol. The van der Waals surface area contributed by atoms with Crippen LogP contribution in [0.5, 0.6) is 0 Å². The van der Waals surface area contributed by atoms with Crippen molar-refractivity contribution in [3.05, 3.63) is 53.9 Å². The number of fused-ring (bicyclic) bond motifs is 3. The van der Waals surface area contributed by atoms with Crippen LogP contribution in [0.15, 0.2) is 42.7 Å². The van der Waals surface area contributed by atoms with Crippen LogP contribution in [0.3, 0.4) is 0 Å². The number of hydrogen-bond donors (Lipinski definition) is 2. The monoisotopic (exact) mass is 429 g/mol. The second kappa shape index (κ2) is 7.25. The lowest BCUT2D eigenvalue weighted by atomic mass is 10.2. The highest BCUT2D eigenvalue weighted by Gasteiger charge is 2.38. The topological polar surface area (TPSA) is 78.9 Å². The van der Waals surface area contributed by atoms with Gasteiger partial charge in [0.25, 0.3) is 0 Å². The first-order chi connectivity index (χ1) is 15.1. The molecule has 31 heavy (non-hydrogen) atoms. The van der Waals surface area contributed by atoms with Crippen LogP contribution in [0, 0.1) is 13.8 Å². The minimum Gasteiger partial charge on any atom is -0.350 e. The van der Waals surface area contributed by atoms with Crippen molar-refractivity contribution >= 4 is 39.0 Å². The molecule has 0 saturated carbocycles. The molecule has 4 aromatic heterocycles. The van der Waals surface area contributed by atoms with E-state index in [2.05, 4.69) is 51.5 Å². The van der Waals surface area contributed by atoms with Crippen molar-refractivity contribution in [1.29, 1.82) is 0 Å². The van der Waals surface area contributed by atoms with E-state index in [0.29, 0.717) is 12.1 Å². The first-order valence-electron chi connectivity index (χ1n) is 10.6. The summed E-state index contributed by atoms with van der Waals surface area (Å²) < 4.78 is 1.05. The van der Waals surface area contributed by atoms with Gasteiger partial charge in [0.05, 0.1) is 10.2 Å². The maximum absolute atomic E-state index is 4.93. The standard InChI is InChI=1S/C23H23N7S/c1-13-4-3-7-24-21(13)23-27-17-9-20(26-11-18(17)31-23)28-19-6-5-14(2)22(29-19)30-12-15-8-16(30)10-25-15/h3-7,9,11,15-16,25H,8,10,12H2,1-2H3,(H,26,28,29)/t15-,16-/m0/s1. The summed E-state index contributed by atoms with van der Waals surface area (Å²) in [5, 5.41) is 7.85. The van der Waals surface area contributed by atoms with Gasteiger partial charge in [0.15, 0.2) is 0 Å². The van der Waals surface area contributed by atoms with E-state index in [-0.39, 0.29) is 0 Å². The van der Waals surface area contributed by atoms with Gasteiger partial charge in [-0.1, -0.05) is 12.1 Å². The number of piperazine rings is 1. The number of anilines is 3. The highest BCUT2D eigenvalue weighted by Crippen LogP contribution is 2.33. The summed E-state index contributed by atoms with van der Waals surface area (Å²) in [6.45, 7) is 6.26. The van der Waals surface area contributed by atoms with E-state index < -0.39 is 0 Å². The number of hydrogen-bond acceptors (Lipinski definition) is 8. The second-order valence-corrected chi connectivity index (χ2v) is 9.36. The van der Waals surface area contributed by atoms with Crippen molar-refractivity contribution in [1.82, 2.24) is 25.3 Å². The van der Waals surface area contributed by atoms with Crippen molar-refractivity contribution in [2.45, 2.75) is 32.4 Å². The van der Waals surface area contributed by atoms with Crippen LogP contribution < -0.4 is 15.5 Å². The first-order valence-corrected chi connectivity index (χ1v) is 11.4. The van der Waals surface area contributed by atoms with Gasteiger partial charge in [-0.3, -0.25) is 4.98 Å². The summed E-state index contributed by atoms with van der Waals surface area (Å²) in [6, 6.07) is 11.3. The molecule has 0 radical (unpaired) electrons. The van der Waals surface area contributed by atoms with Crippen molar-refractivity contribution < 1.29 is 0 Å². The fourth-order valence-electron chi connectivity index (χ4n) is 4.54. The van der Waals surface area contributed by atoms with Crippen molar-refractivity contribution in [2.75, 3.05) is 23.3 Å². The predicted octanol–water partition coefficient (Wildman–Crippen LogP) is 4.06. The molecule has 2 bridgehead atoms. The number of aryl methyl sites for hydroxylation is 2. The largest absolute Gasteiger partial charge is 0.350 e. The van der Waals surface area contributed by atoms with Crippen LogP contribution in [0.2, 0.25) is 0 Å². The first kappa shape index (κ1) is 18.7. The SMILES string of the molecule is Cc1cccnc1-c1nc2cc(Nc3ccc(C)c(N4C[C@@H]5C[C@H]4CN5)n3)ncc2s1. The van der Waals surface area contributed by atoms with Gasteiger partial charge in [-0.25, -0.2) is 15.0 Å². The lowest BCUT2D eigenvalue weighted by Crippen LogP contribution is -2.44. The summed E-state index contributed by atoms with van der Waals surface area (Å²) in [4.78, 5) is 21.3. The Kier molecular flexibility index (Phi) is 4.36. The van der Waals surface area contributed by atoms with Gasteiger partial charge < -0.3 is 15.5 Å². The predicted molar refractivity (Wildman–Crippen MR) is 125 cm³/mol. The molecule has 0 unspecified atom stereocenters. The van der Waals surface area contributed by atoms with E-state index in [1.807, 2.05) is 30.6 Å². The van der Waals surface area contributed by atoms with Gasteiger partial charge >= 0.3 is 0 Å². The van der Waals surface area contributed by atoms with Crippen molar-refractivity contribution in [3.8, 4) is 10.7 Å². The second-order valence-electron chi connectivity index (χ2n) is 8.33. The lowest BCUT2D eigenvalue weighted by Gasteiger charge is -2.30. The van der Waals surface area contributed by atoms with Gasteiger partial charge in [0, 0.05) is 43.6 Å². The quantitative estimate of drug-likeness (QED) is 0.506. The zero-order chi connectivity index (χ0) is 20.9. The third-order valence-corrected chi connectivity index (χ3v) is 7.15. The third kappa shape index (κ3) is 3.32. The Morgan fingerprint density at radius 2 is 2.03 bits per heavy atom. The average molecular weight is 430 g/mol. The van der Waals surface area contributed by atoms with Crippen molar-refractivity contribution in [3.63, 3.8) is 0 Å². The Morgan fingerprint density at radius 3 is 2.84 bits per heavy atom. The Morgan fingerprint density at radius 1 is 1.10 bits per heavy atom. The summed E-state index contributed by atoms with van der Waals surface area (Å²) in [6.07, 6.45) is 4.89. The molecular formula is C23H23N7S. The van der Waals surface area contributed by atoms with Crippen molar-refractivity contribution in [2.24, 2.45) is 0 Å². The normalized spacial score (nSPS) is 20.0. The molecule has 2 fully saturated rings. The van der Waals surface area contributed by atoms with Gasteiger partial charge in [-0.15, -0.1) is 11.3 Å². The van der Waals surface area contributed by atoms with Crippen LogP contribution in [-0.2, 0) is 0 Å². The van der Waals surface area contributed by atoms with Gasteiger partial charge in [-0.05, 0) is 43.5 Å². The molecule has 2 saturated heterocycles. The van der Waals surface area contributed by atoms with Gasteiger partial charge in [0.1, 0.15) is 28.2 Å². The number of pyridine rings is 3. The Bertz CT molecular complexity index is 1280. The number of nitrogens with zero attached hydrogens (tertiary/aromatic N) is 5. The molecule has 7 nitrogen and oxygen atoms in total. The molecule has 4 aromatic rings. The molecule has 6 heterocycles. The summed E-state index contributed by atoms with van der Waals surface area (Å²) >= 11 is 1.62. The van der Waals surface area contributed by atoms with Gasteiger partial charge in [-0.2, -0.15) is 0 Å². The summed E-state index contributed by atoms with van der Waals surface area (Å²) in [7, 11) is 0. The maximum atomic E-state index is 4.93. The Labute approximate surface area is 184 Å². The fraction of sp³-hybridized carbons (Fsp3) is 0.304. The molecule has 2 N–H and O–H groups in total. The summed E-state index contributed by atoms with van der Waals surface area (Å²) in [5.41, 5.74) is 4.17.